The van der Waals surface area contributed by atoms with Crippen LogP contribution in [0.1, 0.15) is 11.1 Å². The monoisotopic (exact) mass is 316 g/mol. The molecular formula is C17H16O6. The number of hydrogen-bond donors (Lipinski definition) is 3. The van der Waals surface area contributed by atoms with Crippen molar-refractivity contribution in [2.24, 2.45) is 0 Å². The standard InChI is InChI=1S/C17H16O6/c1-22-15-16(21)7-9-4-12(19)13(20)6-11(9)17(15)3-2-10(18)5-14(17)23-8-16/h2-6,15,19-21H,7-8H2,1H3/t15?,16-,17-/m1/s1. The quantitative estimate of drug-likeness (QED) is 0.660. The van der Waals surface area contributed by atoms with E-state index in [9.17, 15) is 20.1 Å². The minimum atomic E-state index is -1.30. The van der Waals surface area contributed by atoms with Gasteiger partial charge in [0.1, 0.15) is 29.5 Å². The first-order chi connectivity index (χ1) is 10.9. The normalized spacial score (nSPS) is 34.3. The molecule has 3 N–H and O–H groups in total. The van der Waals surface area contributed by atoms with Crippen molar-refractivity contribution in [3.8, 4) is 11.5 Å². The second kappa shape index (κ2) is 4.37. The molecule has 0 saturated carbocycles. The summed E-state index contributed by atoms with van der Waals surface area (Å²) in [5, 5.41) is 30.8. The fourth-order valence-electron chi connectivity index (χ4n) is 4.07. The maximum absolute atomic E-state index is 11.7. The van der Waals surface area contributed by atoms with Crippen molar-refractivity contribution >= 4 is 5.78 Å². The lowest BCUT2D eigenvalue weighted by Crippen LogP contribution is -2.66. The minimum absolute atomic E-state index is 0.0126. The summed E-state index contributed by atoms with van der Waals surface area (Å²) in [4.78, 5) is 11.7. The second-order valence-corrected chi connectivity index (χ2v) is 6.30. The van der Waals surface area contributed by atoms with Crippen LogP contribution in [0, 0.1) is 0 Å². The zero-order valence-corrected chi connectivity index (χ0v) is 12.4. The lowest BCUT2D eigenvalue weighted by Gasteiger charge is -2.55. The van der Waals surface area contributed by atoms with E-state index in [1.54, 1.807) is 6.08 Å². The topological polar surface area (TPSA) is 96.2 Å². The first-order valence-electron chi connectivity index (χ1n) is 7.29. The van der Waals surface area contributed by atoms with Gasteiger partial charge in [-0.25, -0.2) is 0 Å². The molecule has 0 amide bonds. The molecule has 6 heteroatoms. The van der Waals surface area contributed by atoms with Crippen LogP contribution >= 0.6 is 0 Å². The Kier molecular flexibility index (Phi) is 2.71. The van der Waals surface area contributed by atoms with Crippen LogP contribution in [0.25, 0.3) is 0 Å². The number of ether oxygens (including phenoxy) is 2. The number of ketones is 1. The number of phenols is 2. The number of benzene rings is 1. The molecule has 1 aromatic carbocycles. The molecular weight excluding hydrogens is 300 g/mol. The van der Waals surface area contributed by atoms with E-state index < -0.39 is 17.1 Å². The van der Waals surface area contributed by atoms with Crippen LogP contribution in [-0.4, -0.2) is 46.5 Å². The van der Waals surface area contributed by atoms with Gasteiger partial charge in [-0.15, -0.1) is 0 Å². The van der Waals surface area contributed by atoms with Crippen LogP contribution in [0.15, 0.2) is 36.1 Å². The Morgan fingerprint density at radius 2 is 2.04 bits per heavy atom. The van der Waals surface area contributed by atoms with Crippen LogP contribution in [-0.2, 0) is 26.1 Å². The molecule has 1 aromatic rings. The number of aliphatic hydroxyl groups is 1. The van der Waals surface area contributed by atoms with Crippen LogP contribution < -0.4 is 0 Å². The summed E-state index contributed by atoms with van der Waals surface area (Å²) in [6.07, 6.45) is 3.98. The highest BCUT2D eigenvalue weighted by Crippen LogP contribution is 2.55. The van der Waals surface area contributed by atoms with Crippen LogP contribution in [0.3, 0.4) is 0 Å². The minimum Gasteiger partial charge on any atom is -0.504 e. The highest BCUT2D eigenvalue weighted by Gasteiger charge is 2.62. The van der Waals surface area contributed by atoms with Crippen LogP contribution in [0.4, 0.5) is 0 Å². The Hall–Kier alpha value is -2.31. The summed E-state index contributed by atoms with van der Waals surface area (Å²) in [6.45, 7) is -0.0126. The summed E-state index contributed by atoms with van der Waals surface area (Å²) in [6, 6.07) is 2.88. The molecule has 1 heterocycles. The Balaban J connectivity index is 2.06. The second-order valence-electron chi connectivity index (χ2n) is 6.30. The lowest BCUT2D eigenvalue weighted by molar-refractivity contribution is -0.182. The molecule has 1 fully saturated rings. The molecule has 1 aliphatic heterocycles. The van der Waals surface area contributed by atoms with Crippen molar-refractivity contribution in [2.75, 3.05) is 13.7 Å². The lowest BCUT2D eigenvalue weighted by atomic mass is 9.58. The van der Waals surface area contributed by atoms with Crippen molar-refractivity contribution in [3.05, 3.63) is 47.2 Å². The molecule has 1 spiro atoms. The maximum Gasteiger partial charge on any atom is 0.181 e. The predicted molar refractivity (Wildman–Crippen MR) is 79.1 cm³/mol. The average molecular weight is 316 g/mol. The molecule has 2 aliphatic carbocycles. The fourth-order valence-corrected chi connectivity index (χ4v) is 4.07. The van der Waals surface area contributed by atoms with Gasteiger partial charge >= 0.3 is 0 Å². The van der Waals surface area contributed by atoms with Gasteiger partial charge in [0.05, 0.1) is 0 Å². The van der Waals surface area contributed by atoms with E-state index in [-0.39, 0.29) is 30.3 Å². The van der Waals surface area contributed by atoms with Gasteiger partial charge in [-0.2, -0.15) is 0 Å². The average Bonchev–Trinajstić information content (AvgIpc) is 2.50. The zero-order chi connectivity index (χ0) is 16.4. The van der Waals surface area contributed by atoms with E-state index in [0.717, 1.165) is 0 Å². The third kappa shape index (κ3) is 1.67. The van der Waals surface area contributed by atoms with E-state index in [0.29, 0.717) is 16.9 Å². The first-order valence-corrected chi connectivity index (χ1v) is 7.29. The molecule has 4 rings (SSSR count). The molecule has 6 nitrogen and oxygen atoms in total. The Morgan fingerprint density at radius 1 is 1.30 bits per heavy atom. The molecule has 120 valence electrons. The molecule has 0 aromatic heterocycles. The SMILES string of the molecule is COC1[C@]2(O)COC3=CC(=O)C=C[C@@]31c1cc(O)c(O)cc1C2. The highest BCUT2D eigenvalue weighted by molar-refractivity contribution is 6.01. The van der Waals surface area contributed by atoms with Crippen molar-refractivity contribution in [1.82, 2.24) is 0 Å². The molecule has 1 saturated heterocycles. The molecule has 3 atom stereocenters. The summed E-state index contributed by atoms with van der Waals surface area (Å²) >= 11 is 0. The summed E-state index contributed by atoms with van der Waals surface area (Å²) in [7, 11) is 1.50. The summed E-state index contributed by atoms with van der Waals surface area (Å²) in [5.74, 6) is -0.345. The Bertz CT molecular complexity index is 780. The Labute approximate surface area is 132 Å². The van der Waals surface area contributed by atoms with E-state index in [4.69, 9.17) is 9.47 Å². The van der Waals surface area contributed by atoms with Crippen LogP contribution in [0.5, 0.6) is 11.5 Å². The number of aromatic hydroxyl groups is 2. The number of carbonyl (C=O) groups excluding carboxylic acids is 1. The van der Waals surface area contributed by atoms with Gasteiger partial charge in [0.25, 0.3) is 0 Å². The third-order valence-corrected chi connectivity index (χ3v) is 4.95. The molecule has 1 unspecified atom stereocenters. The fraction of sp³-hybridized carbons (Fsp3) is 0.353. The third-order valence-electron chi connectivity index (χ3n) is 4.95. The number of allylic oxidation sites excluding steroid dienone is 2. The van der Waals surface area contributed by atoms with Gasteiger partial charge in [0, 0.05) is 19.6 Å². The molecule has 23 heavy (non-hydrogen) atoms. The van der Waals surface area contributed by atoms with Crippen molar-refractivity contribution in [1.29, 1.82) is 0 Å². The van der Waals surface area contributed by atoms with Gasteiger partial charge in [0.15, 0.2) is 17.3 Å². The van der Waals surface area contributed by atoms with Crippen LogP contribution in [0.2, 0.25) is 0 Å². The smallest absolute Gasteiger partial charge is 0.181 e. The zero-order valence-electron chi connectivity index (χ0n) is 12.4. The maximum atomic E-state index is 11.7. The largest absolute Gasteiger partial charge is 0.504 e. The van der Waals surface area contributed by atoms with E-state index in [1.165, 1.54) is 31.4 Å². The molecule has 3 aliphatic rings. The Morgan fingerprint density at radius 3 is 2.78 bits per heavy atom. The van der Waals surface area contributed by atoms with Gasteiger partial charge in [-0.1, -0.05) is 6.08 Å². The van der Waals surface area contributed by atoms with E-state index >= 15 is 0 Å². The number of rotatable bonds is 1. The van der Waals surface area contributed by atoms with Gasteiger partial charge in [-0.05, 0) is 29.3 Å². The first kappa shape index (κ1) is 14.3. The number of carbonyl (C=O) groups is 1. The number of fused-ring (bicyclic) bond motifs is 2. The van der Waals surface area contributed by atoms with Crippen molar-refractivity contribution < 1.29 is 29.6 Å². The van der Waals surface area contributed by atoms with Gasteiger partial charge in [0.2, 0.25) is 0 Å². The number of hydrogen-bond acceptors (Lipinski definition) is 6. The van der Waals surface area contributed by atoms with Gasteiger partial charge in [-0.3, -0.25) is 4.79 Å². The summed E-state index contributed by atoms with van der Waals surface area (Å²) < 4.78 is 11.3. The van der Waals surface area contributed by atoms with Crippen molar-refractivity contribution in [2.45, 2.75) is 23.5 Å². The summed E-state index contributed by atoms with van der Waals surface area (Å²) in [5.41, 5.74) is -0.968. The van der Waals surface area contributed by atoms with Gasteiger partial charge < -0.3 is 24.8 Å². The van der Waals surface area contributed by atoms with E-state index in [1.807, 2.05) is 0 Å². The van der Waals surface area contributed by atoms with Crippen molar-refractivity contribution in [3.63, 3.8) is 0 Å². The van der Waals surface area contributed by atoms with E-state index in [2.05, 4.69) is 0 Å². The highest BCUT2D eigenvalue weighted by atomic mass is 16.5. The number of methoxy groups -OCH3 is 1. The molecule has 2 bridgehead atoms. The number of phenolic OH excluding ortho intramolecular Hbond substituents is 2. The molecule has 0 radical (unpaired) electrons. The predicted octanol–water partition coefficient (Wildman–Crippen LogP) is 0.691.